The number of amides is 1. The summed E-state index contributed by atoms with van der Waals surface area (Å²) in [5, 5.41) is 1.78. The summed E-state index contributed by atoms with van der Waals surface area (Å²) in [6.07, 6.45) is 3.29. The van der Waals surface area contributed by atoms with Gasteiger partial charge in [0.25, 0.3) is 10.0 Å². The van der Waals surface area contributed by atoms with E-state index in [2.05, 4.69) is 4.90 Å². The minimum absolute atomic E-state index is 0.144. The number of carbonyl (C=O) groups excluding carboxylic acids is 1. The van der Waals surface area contributed by atoms with Crippen molar-refractivity contribution in [2.24, 2.45) is 0 Å². The van der Waals surface area contributed by atoms with Crippen LogP contribution in [-0.4, -0.2) is 67.7 Å². The van der Waals surface area contributed by atoms with Crippen molar-refractivity contribution in [3.8, 4) is 0 Å². The topological polar surface area (TPSA) is 60.9 Å². The molecular weight excluding hydrogens is 406 g/mol. The molecule has 29 heavy (non-hydrogen) atoms. The number of carbonyl (C=O) groups is 1. The third kappa shape index (κ3) is 4.40. The number of sulfonamides is 1. The van der Waals surface area contributed by atoms with Crippen LogP contribution in [0.4, 0.5) is 0 Å². The molecule has 0 N–H and O–H groups in total. The van der Waals surface area contributed by atoms with Crippen LogP contribution < -0.4 is 0 Å². The van der Waals surface area contributed by atoms with Gasteiger partial charge >= 0.3 is 0 Å². The molecular formula is C21H27N3O3S2. The first kappa shape index (κ1) is 20.5. The molecule has 0 spiro atoms. The van der Waals surface area contributed by atoms with Crippen LogP contribution >= 0.6 is 11.3 Å². The first-order valence-electron chi connectivity index (χ1n) is 10.2. The highest BCUT2D eigenvalue weighted by Gasteiger charge is 2.36. The standard InChI is InChI=1S/C21H27N3O3S2/c25-21(23-11-5-2-6-12-23)20(18-8-3-1-4-9-18)22-13-15-24(16-14-22)29(26,27)19-10-7-17-28-19/h1,3-4,7-10,17,20H,2,5-6,11-16H2. The fourth-order valence-electron chi connectivity index (χ4n) is 4.17. The molecule has 1 aromatic carbocycles. The zero-order valence-electron chi connectivity index (χ0n) is 16.4. The molecule has 8 heteroatoms. The molecule has 0 bridgehead atoms. The fraction of sp³-hybridized carbons (Fsp3) is 0.476. The number of nitrogens with zero attached hydrogens (tertiary/aromatic N) is 3. The van der Waals surface area contributed by atoms with Gasteiger partial charge in [0, 0.05) is 39.3 Å². The van der Waals surface area contributed by atoms with Gasteiger partial charge in [-0.25, -0.2) is 8.42 Å². The van der Waals surface area contributed by atoms with Gasteiger partial charge in [0.1, 0.15) is 10.3 Å². The Bertz CT molecular complexity index is 902. The predicted octanol–water partition coefficient (Wildman–Crippen LogP) is 2.81. The van der Waals surface area contributed by atoms with Gasteiger partial charge in [-0.05, 0) is 36.3 Å². The number of hydrogen-bond acceptors (Lipinski definition) is 5. The van der Waals surface area contributed by atoms with Gasteiger partial charge in [-0.2, -0.15) is 4.31 Å². The summed E-state index contributed by atoms with van der Waals surface area (Å²) in [5.41, 5.74) is 0.984. The molecule has 1 unspecified atom stereocenters. The molecule has 0 radical (unpaired) electrons. The number of hydrogen-bond donors (Lipinski definition) is 0. The van der Waals surface area contributed by atoms with Crippen LogP contribution in [0, 0.1) is 0 Å². The van der Waals surface area contributed by atoms with Gasteiger partial charge < -0.3 is 4.90 Å². The second-order valence-electron chi connectivity index (χ2n) is 7.57. The Morgan fingerprint density at radius 1 is 0.862 bits per heavy atom. The van der Waals surface area contributed by atoms with Crippen LogP contribution in [0.5, 0.6) is 0 Å². The van der Waals surface area contributed by atoms with Crippen LogP contribution in [0.25, 0.3) is 0 Å². The zero-order valence-corrected chi connectivity index (χ0v) is 18.1. The number of benzene rings is 1. The summed E-state index contributed by atoms with van der Waals surface area (Å²) >= 11 is 1.25. The van der Waals surface area contributed by atoms with Crippen molar-refractivity contribution in [3.63, 3.8) is 0 Å². The zero-order chi connectivity index (χ0) is 20.3. The Balaban J connectivity index is 1.51. The van der Waals surface area contributed by atoms with Gasteiger partial charge in [0.15, 0.2) is 0 Å². The lowest BCUT2D eigenvalue weighted by molar-refractivity contribution is -0.138. The molecule has 1 amide bonds. The molecule has 6 nitrogen and oxygen atoms in total. The maximum absolute atomic E-state index is 13.4. The normalized spacial score (nSPS) is 20.5. The number of likely N-dealkylation sites (tertiary alicyclic amines) is 1. The van der Waals surface area contributed by atoms with Crippen LogP contribution in [0.1, 0.15) is 30.9 Å². The molecule has 1 aromatic heterocycles. The number of rotatable bonds is 5. The summed E-state index contributed by atoms with van der Waals surface area (Å²) in [6.45, 7) is 3.52. The van der Waals surface area contributed by atoms with Gasteiger partial charge in [-0.15, -0.1) is 11.3 Å². The maximum Gasteiger partial charge on any atom is 0.252 e. The molecule has 3 heterocycles. The monoisotopic (exact) mass is 433 g/mol. The Kier molecular flexibility index (Phi) is 6.34. The summed E-state index contributed by atoms with van der Waals surface area (Å²) in [4.78, 5) is 17.5. The lowest BCUT2D eigenvalue weighted by Gasteiger charge is -2.40. The summed E-state index contributed by atoms with van der Waals surface area (Å²) in [5.74, 6) is 0.144. The van der Waals surface area contributed by atoms with Gasteiger partial charge in [0.05, 0.1) is 0 Å². The Labute approximate surface area is 176 Å². The Morgan fingerprint density at radius 2 is 1.55 bits per heavy atom. The van der Waals surface area contributed by atoms with Crippen molar-refractivity contribution < 1.29 is 13.2 Å². The summed E-state index contributed by atoms with van der Waals surface area (Å²) < 4.78 is 27.6. The van der Waals surface area contributed by atoms with E-state index >= 15 is 0 Å². The smallest absolute Gasteiger partial charge is 0.252 e. The van der Waals surface area contributed by atoms with Crippen molar-refractivity contribution in [2.45, 2.75) is 29.5 Å². The molecule has 2 saturated heterocycles. The maximum atomic E-state index is 13.4. The molecule has 4 rings (SSSR count). The first-order chi connectivity index (χ1) is 14.1. The van der Waals surface area contributed by atoms with E-state index in [4.69, 9.17) is 0 Å². The van der Waals surface area contributed by atoms with Crippen molar-refractivity contribution in [1.82, 2.24) is 14.1 Å². The first-order valence-corrected chi connectivity index (χ1v) is 12.5. The third-order valence-electron chi connectivity index (χ3n) is 5.74. The average Bonchev–Trinajstić information content (AvgIpc) is 3.32. The second kappa shape index (κ2) is 8.95. The fourth-order valence-corrected chi connectivity index (χ4v) is 6.74. The van der Waals surface area contributed by atoms with E-state index in [-0.39, 0.29) is 11.9 Å². The van der Waals surface area contributed by atoms with Crippen LogP contribution in [0.2, 0.25) is 0 Å². The minimum Gasteiger partial charge on any atom is -0.341 e. The van der Waals surface area contributed by atoms with Crippen LogP contribution in [0.3, 0.4) is 0 Å². The third-order valence-corrected chi connectivity index (χ3v) is 9.02. The van der Waals surface area contributed by atoms with Crippen LogP contribution in [-0.2, 0) is 14.8 Å². The highest BCUT2D eigenvalue weighted by molar-refractivity contribution is 7.91. The van der Waals surface area contributed by atoms with Crippen molar-refractivity contribution >= 4 is 27.3 Å². The van der Waals surface area contributed by atoms with E-state index in [0.29, 0.717) is 30.4 Å². The lowest BCUT2D eigenvalue weighted by Crippen LogP contribution is -2.53. The van der Waals surface area contributed by atoms with E-state index in [1.54, 1.807) is 21.8 Å². The second-order valence-corrected chi connectivity index (χ2v) is 10.7. The predicted molar refractivity (Wildman–Crippen MR) is 114 cm³/mol. The molecule has 1 atom stereocenters. The van der Waals surface area contributed by atoms with Crippen molar-refractivity contribution in [2.75, 3.05) is 39.3 Å². The van der Waals surface area contributed by atoms with E-state index in [1.807, 2.05) is 35.2 Å². The van der Waals surface area contributed by atoms with E-state index in [1.165, 1.54) is 17.8 Å². The molecule has 0 aliphatic carbocycles. The SMILES string of the molecule is O=C(C(c1ccccc1)N1CCN(S(=O)(=O)c2cccs2)CC1)N1CCCCC1. The number of thiophene rings is 1. The highest BCUT2D eigenvalue weighted by Crippen LogP contribution is 2.28. The van der Waals surface area contributed by atoms with Gasteiger partial charge in [0.2, 0.25) is 5.91 Å². The van der Waals surface area contributed by atoms with E-state index in [9.17, 15) is 13.2 Å². The van der Waals surface area contributed by atoms with Gasteiger partial charge in [-0.1, -0.05) is 36.4 Å². The number of piperazine rings is 1. The lowest BCUT2D eigenvalue weighted by atomic mass is 10.0. The summed E-state index contributed by atoms with van der Waals surface area (Å²) in [6, 6.07) is 12.9. The number of piperidine rings is 1. The molecule has 156 valence electrons. The van der Waals surface area contributed by atoms with E-state index < -0.39 is 10.0 Å². The van der Waals surface area contributed by atoms with Crippen molar-refractivity contribution in [3.05, 3.63) is 53.4 Å². The highest BCUT2D eigenvalue weighted by atomic mass is 32.2. The Morgan fingerprint density at radius 3 is 2.17 bits per heavy atom. The largest absolute Gasteiger partial charge is 0.341 e. The molecule has 2 aliphatic rings. The molecule has 2 aliphatic heterocycles. The summed E-state index contributed by atoms with van der Waals surface area (Å²) in [7, 11) is -3.44. The molecule has 2 fully saturated rings. The Hall–Kier alpha value is -1.74. The van der Waals surface area contributed by atoms with Gasteiger partial charge in [-0.3, -0.25) is 9.69 Å². The molecule has 0 saturated carbocycles. The molecule has 2 aromatic rings. The van der Waals surface area contributed by atoms with E-state index in [0.717, 1.165) is 31.5 Å². The van der Waals surface area contributed by atoms with Crippen LogP contribution in [0.15, 0.2) is 52.1 Å². The average molecular weight is 434 g/mol. The minimum atomic E-state index is -3.44. The quantitative estimate of drug-likeness (QED) is 0.728. The van der Waals surface area contributed by atoms with Crippen molar-refractivity contribution in [1.29, 1.82) is 0 Å².